The molecule has 30 heavy (non-hydrogen) atoms. The van der Waals surface area contributed by atoms with E-state index in [1.165, 1.54) is 11.3 Å². The molecular weight excluding hydrogens is 404 g/mol. The third-order valence-corrected chi connectivity index (χ3v) is 6.40. The van der Waals surface area contributed by atoms with E-state index in [2.05, 4.69) is 28.4 Å². The molecule has 0 radical (unpaired) electrons. The van der Waals surface area contributed by atoms with Gasteiger partial charge in [0.2, 0.25) is 5.91 Å². The van der Waals surface area contributed by atoms with Gasteiger partial charge in [-0.25, -0.2) is 0 Å². The highest BCUT2D eigenvalue weighted by atomic mass is 32.1. The number of aromatic nitrogens is 1. The molecule has 0 aromatic carbocycles. The summed E-state index contributed by atoms with van der Waals surface area (Å²) in [6, 6.07) is 0.175. The highest BCUT2D eigenvalue weighted by Crippen LogP contribution is 2.23. The predicted molar refractivity (Wildman–Crippen MR) is 118 cm³/mol. The fourth-order valence-electron chi connectivity index (χ4n) is 3.74. The first-order chi connectivity index (χ1) is 14.4. The lowest BCUT2D eigenvalue weighted by molar-refractivity contribution is -0.122. The summed E-state index contributed by atoms with van der Waals surface area (Å²) in [5, 5.41) is 3.05. The molecule has 10 heteroatoms. The van der Waals surface area contributed by atoms with Crippen LogP contribution in [0.25, 0.3) is 0 Å². The van der Waals surface area contributed by atoms with Crippen molar-refractivity contribution in [2.24, 2.45) is 5.73 Å². The average Bonchev–Trinajstić information content (AvgIpc) is 3.12. The van der Waals surface area contributed by atoms with Gasteiger partial charge in [0.25, 0.3) is 11.8 Å². The summed E-state index contributed by atoms with van der Waals surface area (Å²) >= 11 is 0.843. The lowest BCUT2D eigenvalue weighted by Crippen LogP contribution is -2.45. The highest BCUT2D eigenvalue weighted by molar-refractivity contribution is 7.09. The normalized spacial score (nSPS) is 14.6. The molecule has 1 aromatic heterocycles. The van der Waals surface area contributed by atoms with Crippen LogP contribution in [0.15, 0.2) is 0 Å². The number of anilines is 1. The van der Waals surface area contributed by atoms with Crippen LogP contribution in [-0.4, -0.2) is 70.7 Å². The summed E-state index contributed by atoms with van der Waals surface area (Å²) < 4.78 is 3.91. The Balaban J connectivity index is 2.08. The molecule has 2 rings (SSSR count). The largest absolute Gasteiger partial charge is 0.395 e. The molecule has 0 atom stereocenters. The number of hydrogen-bond acceptors (Lipinski definition) is 7. The second-order valence-electron chi connectivity index (χ2n) is 7.65. The van der Waals surface area contributed by atoms with Gasteiger partial charge in [0.1, 0.15) is 4.88 Å². The Morgan fingerprint density at radius 2 is 1.80 bits per heavy atom. The SMILES string of the molecule is CCN(CC)CCCN(CC(=O)NC1CCCCC1)C(=O)c1snc(C(N)=O)c1N. The summed E-state index contributed by atoms with van der Waals surface area (Å²) in [4.78, 5) is 41.1. The fourth-order valence-corrected chi connectivity index (χ4v) is 4.52. The molecule has 1 aliphatic rings. The molecule has 168 valence electrons. The van der Waals surface area contributed by atoms with E-state index >= 15 is 0 Å². The minimum atomic E-state index is -0.772. The maximum absolute atomic E-state index is 13.1. The predicted octanol–water partition coefficient (Wildman–Crippen LogP) is 1.45. The van der Waals surface area contributed by atoms with Gasteiger partial charge in [-0.15, -0.1) is 0 Å². The first kappa shape index (κ1) is 24.1. The number of nitrogens with two attached hydrogens (primary N) is 2. The molecule has 1 aliphatic carbocycles. The molecule has 0 unspecified atom stereocenters. The van der Waals surface area contributed by atoms with Gasteiger partial charge < -0.3 is 26.6 Å². The van der Waals surface area contributed by atoms with Crippen molar-refractivity contribution in [2.75, 3.05) is 38.5 Å². The number of rotatable bonds is 11. The molecule has 3 amide bonds. The van der Waals surface area contributed by atoms with Crippen molar-refractivity contribution in [3.8, 4) is 0 Å². The molecule has 0 bridgehead atoms. The zero-order valence-electron chi connectivity index (χ0n) is 18.0. The van der Waals surface area contributed by atoms with Crippen LogP contribution in [-0.2, 0) is 4.79 Å². The lowest BCUT2D eigenvalue weighted by atomic mass is 9.95. The number of primary amides is 1. The van der Waals surface area contributed by atoms with Gasteiger partial charge in [0, 0.05) is 12.6 Å². The zero-order chi connectivity index (χ0) is 22.1. The van der Waals surface area contributed by atoms with Gasteiger partial charge in [-0.1, -0.05) is 33.1 Å². The number of amides is 3. The Morgan fingerprint density at radius 1 is 1.13 bits per heavy atom. The summed E-state index contributed by atoms with van der Waals surface area (Å²) in [5.41, 5.74) is 11.1. The van der Waals surface area contributed by atoms with Crippen molar-refractivity contribution in [3.63, 3.8) is 0 Å². The van der Waals surface area contributed by atoms with E-state index in [-0.39, 0.29) is 34.8 Å². The first-order valence-electron chi connectivity index (χ1n) is 10.7. The Bertz CT molecular complexity index is 728. The Kier molecular flexibility index (Phi) is 9.51. The van der Waals surface area contributed by atoms with E-state index in [9.17, 15) is 14.4 Å². The molecule has 0 saturated heterocycles. The number of hydrogen-bond donors (Lipinski definition) is 3. The van der Waals surface area contributed by atoms with Crippen LogP contribution in [0.1, 0.15) is 72.5 Å². The quantitative estimate of drug-likeness (QED) is 0.479. The molecule has 9 nitrogen and oxygen atoms in total. The first-order valence-corrected chi connectivity index (χ1v) is 11.5. The minimum Gasteiger partial charge on any atom is -0.395 e. The summed E-state index contributed by atoms with van der Waals surface area (Å²) in [7, 11) is 0. The molecule has 0 spiro atoms. The van der Waals surface area contributed by atoms with E-state index in [0.29, 0.717) is 6.54 Å². The van der Waals surface area contributed by atoms with Crippen LogP contribution >= 0.6 is 11.5 Å². The Morgan fingerprint density at radius 3 is 2.37 bits per heavy atom. The Labute approximate surface area is 182 Å². The van der Waals surface area contributed by atoms with Crippen LogP contribution in [0.4, 0.5) is 5.69 Å². The number of nitrogens with one attached hydrogen (secondary N) is 1. The van der Waals surface area contributed by atoms with E-state index in [4.69, 9.17) is 11.5 Å². The fraction of sp³-hybridized carbons (Fsp3) is 0.700. The van der Waals surface area contributed by atoms with Crippen molar-refractivity contribution in [1.29, 1.82) is 0 Å². The monoisotopic (exact) mass is 438 g/mol. The van der Waals surface area contributed by atoms with Crippen LogP contribution in [0.5, 0.6) is 0 Å². The lowest BCUT2D eigenvalue weighted by Gasteiger charge is -2.27. The molecule has 0 aliphatic heterocycles. The number of carbonyl (C=O) groups is 3. The number of carbonyl (C=O) groups excluding carboxylic acids is 3. The van der Waals surface area contributed by atoms with Gasteiger partial charge in [-0.3, -0.25) is 14.4 Å². The summed E-state index contributed by atoms with van der Waals surface area (Å²) in [5.74, 6) is -1.34. The van der Waals surface area contributed by atoms with Crippen molar-refractivity contribution >= 4 is 34.9 Å². The molecule has 1 fully saturated rings. The van der Waals surface area contributed by atoms with Gasteiger partial charge >= 0.3 is 0 Å². The van der Waals surface area contributed by atoms with Gasteiger partial charge in [0.05, 0.1) is 12.2 Å². The second kappa shape index (κ2) is 11.8. The highest BCUT2D eigenvalue weighted by Gasteiger charge is 2.27. The van der Waals surface area contributed by atoms with Gasteiger partial charge in [0.15, 0.2) is 5.69 Å². The average molecular weight is 439 g/mol. The molecule has 1 heterocycles. The van der Waals surface area contributed by atoms with Gasteiger partial charge in [-0.2, -0.15) is 4.37 Å². The summed E-state index contributed by atoms with van der Waals surface area (Å²) in [6.45, 7) is 7.23. The smallest absolute Gasteiger partial charge is 0.270 e. The Hall–Kier alpha value is -2.20. The molecular formula is C20H34N6O3S. The van der Waals surface area contributed by atoms with Crippen LogP contribution < -0.4 is 16.8 Å². The standard InChI is InChI=1S/C20H34N6O3S/c1-3-25(4-2)11-8-12-26(13-15(27)23-14-9-6-5-7-10-14)20(29)18-16(21)17(19(22)28)24-30-18/h14H,3-13,21H2,1-2H3,(H2,22,28)(H,23,27). The second-order valence-corrected chi connectivity index (χ2v) is 8.42. The van der Waals surface area contributed by atoms with E-state index in [1.807, 2.05) is 0 Å². The third-order valence-electron chi connectivity index (χ3n) is 5.54. The zero-order valence-corrected chi connectivity index (χ0v) is 18.8. The van der Waals surface area contributed by atoms with Crippen molar-refractivity contribution < 1.29 is 14.4 Å². The third kappa shape index (κ3) is 6.66. The maximum atomic E-state index is 13.1. The maximum Gasteiger partial charge on any atom is 0.270 e. The topological polar surface area (TPSA) is 135 Å². The van der Waals surface area contributed by atoms with Crippen LogP contribution in [0, 0.1) is 0 Å². The van der Waals surface area contributed by atoms with Crippen molar-refractivity contribution in [1.82, 2.24) is 19.5 Å². The molecule has 1 saturated carbocycles. The van der Waals surface area contributed by atoms with E-state index in [0.717, 1.165) is 63.3 Å². The van der Waals surface area contributed by atoms with Gasteiger partial charge in [-0.05, 0) is 50.4 Å². The van der Waals surface area contributed by atoms with Crippen LogP contribution in [0.3, 0.4) is 0 Å². The van der Waals surface area contributed by atoms with Crippen molar-refractivity contribution in [3.05, 3.63) is 10.6 Å². The number of nitrogens with zero attached hydrogens (tertiary/aromatic N) is 3. The van der Waals surface area contributed by atoms with E-state index in [1.54, 1.807) is 0 Å². The molecule has 1 aromatic rings. The number of nitrogen functional groups attached to an aromatic ring is 1. The van der Waals surface area contributed by atoms with Crippen LogP contribution in [0.2, 0.25) is 0 Å². The molecule has 5 N–H and O–H groups in total. The minimum absolute atomic E-state index is 0.0149. The summed E-state index contributed by atoms with van der Waals surface area (Å²) in [6.07, 6.45) is 6.12. The van der Waals surface area contributed by atoms with E-state index < -0.39 is 11.8 Å². The van der Waals surface area contributed by atoms with Crippen molar-refractivity contribution in [2.45, 2.75) is 58.4 Å².